The molecule has 0 unspecified atom stereocenters. The Labute approximate surface area is 121 Å². The first-order valence-corrected chi connectivity index (χ1v) is 6.38. The van der Waals surface area contributed by atoms with Gasteiger partial charge in [-0.15, -0.1) is 0 Å². The number of carbonyl (C=O) groups excluding carboxylic acids is 1. The van der Waals surface area contributed by atoms with E-state index in [4.69, 9.17) is 5.84 Å². The molecular weight excluding hydrogens is 307 g/mol. The summed E-state index contributed by atoms with van der Waals surface area (Å²) < 4.78 is 41.9. The molecule has 0 bridgehead atoms. The smallest absolute Gasteiger partial charge is 0.323 e. The number of hydrogen-bond acceptors (Lipinski definition) is 6. The Balaban J connectivity index is 2.34. The summed E-state index contributed by atoms with van der Waals surface area (Å²) in [6, 6.07) is 2.64. The summed E-state index contributed by atoms with van der Waals surface area (Å²) in [5, 5.41) is 2.57. The third kappa shape index (κ3) is 3.47. The number of nitrogen functional groups attached to an aromatic ring is 1. The van der Waals surface area contributed by atoms with Crippen LogP contribution in [0.5, 0.6) is 0 Å². The topological polar surface area (TPSA) is 92.9 Å². The fourth-order valence-corrected chi connectivity index (χ4v) is 2.12. The molecule has 2 rings (SSSR count). The number of nitrogens with two attached hydrogens (primary N) is 1. The number of amides is 1. The van der Waals surface area contributed by atoms with Crippen molar-refractivity contribution in [2.45, 2.75) is 13.1 Å². The molecule has 1 amide bonds. The third-order valence-electron chi connectivity index (χ3n) is 2.50. The van der Waals surface area contributed by atoms with Crippen molar-refractivity contribution in [2.75, 3.05) is 10.7 Å². The molecule has 0 atom stereocenters. The standard InChI is InChI=1S/C11H10F3N5OS/c1-5-16-10(21-19-5)17-9(20)7-4-6(11(12,13)14)2-3-8(7)18-15/h2-4,18H,15H2,1H3,(H,16,17,19,20). The van der Waals surface area contributed by atoms with Crippen LogP contribution in [0, 0.1) is 6.92 Å². The number of aromatic nitrogens is 2. The molecule has 0 aliphatic heterocycles. The first kappa shape index (κ1) is 15.2. The molecular formula is C11H10F3N5OS. The molecule has 0 spiro atoms. The Kier molecular flexibility index (Phi) is 4.09. The Hall–Kier alpha value is -2.20. The van der Waals surface area contributed by atoms with Gasteiger partial charge in [0.25, 0.3) is 5.91 Å². The molecule has 0 saturated carbocycles. The number of hydrazine groups is 1. The van der Waals surface area contributed by atoms with Gasteiger partial charge in [0.05, 0.1) is 16.8 Å². The van der Waals surface area contributed by atoms with E-state index in [-0.39, 0.29) is 16.4 Å². The number of alkyl halides is 3. The van der Waals surface area contributed by atoms with E-state index in [1.165, 1.54) is 0 Å². The minimum Gasteiger partial charge on any atom is -0.323 e. The zero-order valence-electron chi connectivity index (χ0n) is 10.7. The van der Waals surface area contributed by atoms with Gasteiger partial charge in [-0.1, -0.05) is 0 Å². The molecule has 4 N–H and O–H groups in total. The van der Waals surface area contributed by atoms with Crippen molar-refractivity contribution in [1.29, 1.82) is 0 Å². The normalized spacial score (nSPS) is 11.3. The van der Waals surface area contributed by atoms with Gasteiger partial charge in [-0.05, 0) is 25.1 Å². The predicted octanol–water partition coefficient (Wildman–Crippen LogP) is 2.40. The van der Waals surface area contributed by atoms with Gasteiger partial charge in [0.15, 0.2) is 0 Å². The summed E-state index contributed by atoms with van der Waals surface area (Å²) in [7, 11) is 0. The summed E-state index contributed by atoms with van der Waals surface area (Å²) in [4.78, 5) is 16.0. The highest BCUT2D eigenvalue weighted by atomic mass is 32.1. The first-order valence-electron chi connectivity index (χ1n) is 5.61. The van der Waals surface area contributed by atoms with E-state index in [0.29, 0.717) is 5.82 Å². The molecule has 10 heteroatoms. The predicted molar refractivity (Wildman–Crippen MR) is 71.9 cm³/mol. The van der Waals surface area contributed by atoms with Crippen molar-refractivity contribution in [3.05, 3.63) is 35.2 Å². The summed E-state index contributed by atoms with van der Waals surface area (Å²) in [5.74, 6) is 4.90. The molecule has 21 heavy (non-hydrogen) atoms. The average molecular weight is 317 g/mol. The quantitative estimate of drug-likeness (QED) is 0.597. The number of aryl methyl sites for hydroxylation is 1. The van der Waals surface area contributed by atoms with Gasteiger partial charge in [-0.3, -0.25) is 16.0 Å². The van der Waals surface area contributed by atoms with Gasteiger partial charge < -0.3 is 5.43 Å². The van der Waals surface area contributed by atoms with Gasteiger partial charge in [0.2, 0.25) is 5.13 Å². The molecule has 0 fully saturated rings. The summed E-state index contributed by atoms with van der Waals surface area (Å²) >= 11 is 0.929. The van der Waals surface area contributed by atoms with Crippen molar-refractivity contribution in [3.63, 3.8) is 0 Å². The van der Waals surface area contributed by atoms with Crippen molar-refractivity contribution in [2.24, 2.45) is 5.84 Å². The van der Waals surface area contributed by atoms with Crippen molar-refractivity contribution in [1.82, 2.24) is 9.36 Å². The zero-order chi connectivity index (χ0) is 15.6. The Bertz CT molecular complexity index is 670. The van der Waals surface area contributed by atoms with Crippen LogP contribution in [0.2, 0.25) is 0 Å². The van der Waals surface area contributed by atoms with E-state index in [1.807, 2.05) is 0 Å². The maximum atomic E-state index is 12.7. The summed E-state index contributed by atoms with van der Waals surface area (Å²) in [5.41, 5.74) is 1.08. The maximum absolute atomic E-state index is 12.7. The van der Waals surface area contributed by atoms with Crippen molar-refractivity contribution in [3.8, 4) is 0 Å². The summed E-state index contributed by atoms with van der Waals surface area (Å²) in [6.45, 7) is 1.63. The molecule has 1 aromatic heterocycles. The number of carbonyl (C=O) groups is 1. The highest BCUT2D eigenvalue weighted by Crippen LogP contribution is 2.32. The van der Waals surface area contributed by atoms with E-state index in [0.717, 1.165) is 29.7 Å². The van der Waals surface area contributed by atoms with Gasteiger partial charge in [-0.2, -0.15) is 17.5 Å². The number of nitrogens with zero attached hydrogens (tertiary/aromatic N) is 2. The van der Waals surface area contributed by atoms with Gasteiger partial charge >= 0.3 is 6.18 Å². The molecule has 112 valence electrons. The third-order valence-corrected chi connectivity index (χ3v) is 3.22. The fraction of sp³-hybridized carbons (Fsp3) is 0.182. The lowest BCUT2D eigenvalue weighted by Crippen LogP contribution is -2.18. The van der Waals surface area contributed by atoms with E-state index < -0.39 is 17.6 Å². The Morgan fingerprint density at radius 3 is 2.62 bits per heavy atom. The molecule has 6 nitrogen and oxygen atoms in total. The molecule has 0 radical (unpaired) electrons. The van der Waals surface area contributed by atoms with Crippen LogP contribution in [-0.2, 0) is 6.18 Å². The number of hydrogen-bond donors (Lipinski definition) is 3. The van der Waals surface area contributed by atoms with Crippen molar-refractivity contribution >= 4 is 28.3 Å². The number of benzene rings is 1. The van der Waals surface area contributed by atoms with Crippen LogP contribution >= 0.6 is 11.5 Å². The lowest BCUT2D eigenvalue weighted by Gasteiger charge is -2.12. The Morgan fingerprint density at radius 1 is 1.38 bits per heavy atom. The first-order chi connectivity index (χ1) is 9.81. The van der Waals surface area contributed by atoms with Crippen LogP contribution in [-0.4, -0.2) is 15.3 Å². The lowest BCUT2D eigenvalue weighted by atomic mass is 10.1. The van der Waals surface area contributed by atoms with E-state index in [2.05, 4.69) is 20.1 Å². The summed E-state index contributed by atoms with van der Waals surface area (Å²) in [6.07, 6.45) is -4.55. The van der Waals surface area contributed by atoms with Crippen LogP contribution in [0.3, 0.4) is 0 Å². The van der Waals surface area contributed by atoms with Crippen LogP contribution < -0.4 is 16.6 Å². The second-order valence-corrected chi connectivity index (χ2v) is 4.76. The lowest BCUT2D eigenvalue weighted by molar-refractivity contribution is -0.137. The number of halogens is 3. The Morgan fingerprint density at radius 2 is 2.10 bits per heavy atom. The highest BCUT2D eigenvalue weighted by molar-refractivity contribution is 7.09. The second kappa shape index (κ2) is 5.66. The van der Waals surface area contributed by atoms with Gasteiger partial charge in [-0.25, -0.2) is 4.98 Å². The molecule has 0 saturated heterocycles. The van der Waals surface area contributed by atoms with E-state index >= 15 is 0 Å². The minimum absolute atomic E-state index is 0.0711. The SMILES string of the molecule is Cc1nsc(NC(=O)c2cc(C(F)(F)F)ccc2NN)n1. The molecule has 1 aromatic carbocycles. The average Bonchev–Trinajstić information content (AvgIpc) is 2.82. The minimum atomic E-state index is -4.55. The molecule has 1 heterocycles. The van der Waals surface area contributed by atoms with Crippen LogP contribution in [0.15, 0.2) is 18.2 Å². The fourth-order valence-electron chi connectivity index (χ4n) is 1.55. The number of rotatable bonds is 3. The highest BCUT2D eigenvalue weighted by Gasteiger charge is 2.31. The maximum Gasteiger partial charge on any atom is 0.416 e. The van der Waals surface area contributed by atoms with Crippen molar-refractivity contribution < 1.29 is 18.0 Å². The molecule has 2 aromatic rings. The van der Waals surface area contributed by atoms with Crippen LogP contribution in [0.25, 0.3) is 0 Å². The number of nitrogens with one attached hydrogen (secondary N) is 2. The van der Waals surface area contributed by atoms with Gasteiger partial charge in [0, 0.05) is 11.5 Å². The van der Waals surface area contributed by atoms with E-state index in [1.54, 1.807) is 6.92 Å². The number of anilines is 2. The molecule has 0 aliphatic carbocycles. The van der Waals surface area contributed by atoms with Crippen LogP contribution in [0.4, 0.5) is 24.0 Å². The largest absolute Gasteiger partial charge is 0.416 e. The monoisotopic (exact) mass is 317 g/mol. The van der Waals surface area contributed by atoms with Crippen LogP contribution in [0.1, 0.15) is 21.7 Å². The molecule has 0 aliphatic rings. The zero-order valence-corrected chi connectivity index (χ0v) is 11.5. The second-order valence-electron chi connectivity index (χ2n) is 4.00. The van der Waals surface area contributed by atoms with E-state index in [9.17, 15) is 18.0 Å². The van der Waals surface area contributed by atoms with Gasteiger partial charge in [0.1, 0.15) is 5.82 Å².